The van der Waals surface area contributed by atoms with Crippen LogP contribution >= 0.6 is 0 Å². The third-order valence-electron chi connectivity index (χ3n) is 2.13. The third kappa shape index (κ3) is 1.52. The maximum atomic E-state index is 5.65. The van der Waals surface area contributed by atoms with E-state index in [1.165, 1.54) is 11.9 Å². The van der Waals surface area contributed by atoms with Crippen molar-refractivity contribution in [2.24, 2.45) is 5.73 Å². The largest absolute Gasteiger partial charge is 0.326 e. The van der Waals surface area contributed by atoms with E-state index in [0.717, 1.165) is 11.3 Å². The predicted octanol–water partition coefficient (Wildman–Crippen LogP) is 1.03. The maximum absolute atomic E-state index is 5.65. The Morgan fingerprint density at radius 3 is 2.93 bits per heavy atom. The van der Waals surface area contributed by atoms with Crippen molar-refractivity contribution in [2.45, 2.75) is 13.5 Å². The average molecular weight is 188 g/mol. The summed E-state index contributed by atoms with van der Waals surface area (Å²) >= 11 is 0. The summed E-state index contributed by atoms with van der Waals surface area (Å²) < 4.78 is 1.73. The van der Waals surface area contributed by atoms with Gasteiger partial charge < -0.3 is 5.73 Å². The highest BCUT2D eigenvalue weighted by molar-refractivity contribution is 5.42. The van der Waals surface area contributed by atoms with Crippen LogP contribution in [0.4, 0.5) is 0 Å². The minimum atomic E-state index is 0.509. The van der Waals surface area contributed by atoms with Crippen molar-refractivity contribution in [3.05, 3.63) is 42.0 Å². The molecule has 1 aromatic heterocycles. The van der Waals surface area contributed by atoms with E-state index >= 15 is 0 Å². The van der Waals surface area contributed by atoms with E-state index in [-0.39, 0.29) is 0 Å². The van der Waals surface area contributed by atoms with E-state index in [0.29, 0.717) is 6.54 Å². The summed E-state index contributed by atoms with van der Waals surface area (Å²) in [6, 6.07) is 6.12. The molecule has 0 unspecified atom stereocenters. The second-order valence-electron chi connectivity index (χ2n) is 3.18. The lowest BCUT2D eigenvalue weighted by Crippen LogP contribution is -2.05. The zero-order valence-corrected chi connectivity index (χ0v) is 8.01. The van der Waals surface area contributed by atoms with Gasteiger partial charge in [0.25, 0.3) is 0 Å². The smallest absolute Gasteiger partial charge is 0.138 e. The Hall–Kier alpha value is -1.68. The fourth-order valence-corrected chi connectivity index (χ4v) is 1.39. The predicted molar refractivity (Wildman–Crippen MR) is 54.0 cm³/mol. The van der Waals surface area contributed by atoms with Crippen molar-refractivity contribution >= 4 is 0 Å². The molecule has 2 rings (SSSR count). The van der Waals surface area contributed by atoms with Crippen LogP contribution in [-0.2, 0) is 6.54 Å². The van der Waals surface area contributed by atoms with Crippen LogP contribution in [0.25, 0.3) is 5.69 Å². The van der Waals surface area contributed by atoms with Crippen LogP contribution < -0.4 is 5.73 Å². The number of hydrogen-bond donors (Lipinski definition) is 1. The second-order valence-corrected chi connectivity index (χ2v) is 3.18. The molecule has 72 valence electrons. The molecule has 0 saturated heterocycles. The summed E-state index contributed by atoms with van der Waals surface area (Å²) in [6.07, 6.45) is 3.19. The first-order valence-electron chi connectivity index (χ1n) is 4.46. The molecule has 0 aliphatic heterocycles. The van der Waals surface area contributed by atoms with E-state index < -0.39 is 0 Å². The monoisotopic (exact) mass is 188 g/mol. The first kappa shape index (κ1) is 8.90. The van der Waals surface area contributed by atoms with Gasteiger partial charge in [0.15, 0.2) is 0 Å². The number of nitrogens with zero attached hydrogens (tertiary/aromatic N) is 3. The molecule has 0 fully saturated rings. The molecule has 4 nitrogen and oxygen atoms in total. The van der Waals surface area contributed by atoms with E-state index in [9.17, 15) is 0 Å². The first-order valence-corrected chi connectivity index (χ1v) is 4.46. The molecule has 14 heavy (non-hydrogen) atoms. The van der Waals surface area contributed by atoms with E-state index in [1.807, 2.05) is 19.1 Å². The van der Waals surface area contributed by atoms with Gasteiger partial charge in [-0.15, -0.1) is 0 Å². The highest BCUT2D eigenvalue weighted by atomic mass is 15.3. The van der Waals surface area contributed by atoms with Crippen molar-refractivity contribution in [2.75, 3.05) is 0 Å². The molecule has 0 spiro atoms. The van der Waals surface area contributed by atoms with E-state index in [1.54, 1.807) is 11.0 Å². The molecule has 2 N–H and O–H groups in total. The minimum Gasteiger partial charge on any atom is -0.326 e. The van der Waals surface area contributed by atoms with Crippen molar-refractivity contribution in [1.82, 2.24) is 14.8 Å². The van der Waals surface area contributed by atoms with Gasteiger partial charge in [-0.1, -0.05) is 12.1 Å². The number of rotatable bonds is 2. The zero-order valence-electron chi connectivity index (χ0n) is 8.01. The summed E-state index contributed by atoms with van der Waals surface area (Å²) in [5.41, 5.74) is 8.91. The van der Waals surface area contributed by atoms with Crippen LogP contribution in [0.2, 0.25) is 0 Å². The van der Waals surface area contributed by atoms with Gasteiger partial charge in [-0.3, -0.25) is 0 Å². The van der Waals surface area contributed by atoms with Crippen LogP contribution in [0.5, 0.6) is 0 Å². The number of nitrogens with two attached hydrogens (primary N) is 1. The highest BCUT2D eigenvalue weighted by Gasteiger charge is 2.03. The van der Waals surface area contributed by atoms with Crippen LogP contribution in [0, 0.1) is 6.92 Å². The van der Waals surface area contributed by atoms with Crippen LogP contribution in [0.1, 0.15) is 11.1 Å². The van der Waals surface area contributed by atoms with Crippen molar-refractivity contribution < 1.29 is 0 Å². The Morgan fingerprint density at radius 1 is 1.43 bits per heavy atom. The summed E-state index contributed by atoms with van der Waals surface area (Å²) in [7, 11) is 0. The molecule has 4 heteroatoms. The first-order chi connectivity index (χ1) is 6.81. The Morgan fingerprint density at radius 2 is 2.29 bits per heavy atom. The fraction of sp³-hybridized carbons (Fsp3) is 0.200. The quantitative estimate of drug-likeness (QED) is 0.766. The molecule has 0 atom stereocenters. The molecule has 0 aliphatic carbocycles. The summed E-state index contributed by atoms with van der Waals surface area (Å²) in [4.78, 5) is 3.91. The lowest BCUT2D eigenvalue weighted by molar-refractivity contribution is 0.855. The molecule has 0 amide bonds. The molecule has 1 aromatic carbocycles. The molecule has 1 heterocycles. The van der Waals surface area contributed by atoms with E-state index in [2.05, 4.69) is 16.1 Å². The molecular formula is C10H12N4. The number of benzene rings is 1. The molecule has 0 radical (unpaired) electrons. The lowest BCUT2D eigenvalue weighted by atomic mass is 10.1. The zero-order chi connectivity index (χ0) is 9.97. The van der Waals surface area contributed by atoms with Gasteiger partial charge in [-0.2, -0.15) is 5.10 Å². The normalized spacial score (nSPS) is 10.4. The fourth-order valence-electron chi connectivity index (χ4n) is 1.39. The molecule has 2 aromatic rings. The number of aromatic nitrogens is 3. The van der Waals surface area contributed by atoms with Crippen LogP contribution in [0.15, 0.2) is 30.9 Å². The molecule has 0 bridgehead atoms. The van der Waals surface area contributed by atoms with Gasteiger partial charge >= 0.3 is 0 Å². The Labute approximate surface area is 82.4 Å². The van der Waals surface area contributed by atoms with Gasteiger partial charge in [0, 0.05) is 6.54 Å². The summed E-state index contributed by atoms with van der Waals surface area (Å²) in [5.74, 6) is 0. The Kier molecular flexibility index (Phi) is 2.28. The highest BCUT2D eigenvalue weighted by Crippen LogP contribution is 2.14. The maximum Gasteiger partial charge on any atom is 0.138 e. The molecule has 0 saturated carbocycles. The molecule has 0 aliphatic rings. The van der Waals surface area contributed by atoms with Gasteiger partial charge in [0.1, 0.15) is 12.7 Å². The summed E-state index contributed by atoms with van der Waals surface area (Å²) in [5, 5.41) is 4.09. The van der Waals surface area contributed by atoms with Gasteiger partial charge in [0.05, 0.1) is 5.69 Å². The van der Waals surface area contributed by atoms with Gasteiger partial charge in [-0.25, -0.2) is 9.67 Å². The number of hydrogen-bond acceptors (Lipinski definition) is 3. The minimum absolute atomic E-state index is 0.509. The Balaban J connectivity index is 2.55. The lowest BCUT2D eigenvalue weighted by Gasteiger charge is -2.07. The van der Waals surface area contributed by atoms with Gasteiger partial charge in [0.2, 0.25) is 0 Å². The van der Waals surface area contributed by atoms with Crippen molar-refractivity contribution in [3.63, 3.8) is 0 Å². The number of aryl methyl sites for hydroxylation is 1. The standard InChI is InChI=1S/C10H12N4/c1-8-2-3-9(5-11)10(4-8)14-7-12-6-13-14/h2-4,6-7H,5,11H2,1H3. The topological polar surface area (TPSA) is 56.7 Å². The van der Waals surface area contributed by atoms with E-state index in [4.69, 9.17) is 5.73 Å². The summed E-state index contributed by atoms with van der Waals surface area (Å²) in [6.45, 7) is 2.55. The second kappa shape index (κ2) is 3.59. The average Bonchev–Trinajstić information content (AvgIpc) is 2.70. The SMILES string of the molecule is Cc1ccc(CN)c(-n2cncn2)c1. The third-order valence-corrected chi connectivity index (χ3v) is 2.13. The molecular weight excluding hydrogens is 176 g/mol. The van der Waals surface area contributed by atoms with Crippen LogP contribution in [0.3, 0.4) is 0 Å². The van der Waals surface area contributed by atoms with Crippen molar-refractivity contribution in [3.8, 4) is 5.69 Å². The van der Waals surface area contributed by atoms with Gasteiger partial charge in [-0.05, 0) is 24.1 Å². The Bertz CT molecular complexity index is 420. The van der Waals surface area contributed by atoms with Crippen LogP contribution in [-0.4, -0.2) is 14.8 Å². The van der Waals surface area contributed by atoms with Crippen molar-refractivity contribution in [1.29, 1.82) is 0 Å².